The Morgan fingerprint density at radius 1 is 1.13 bits per heavy atom. The van der Waals surface area contributed by atoms with Gasteiger partial charge in [-0.25, -0.2) is 8.42 Å². The highest BCUT2D eigenvalue weighted by molar-refractivity contribution is 7.92. The Labute approximate surface area is 136 Å². The molecule has 0 spiro atoms. The first kappa shape index (κ1) is 17.0. The maximum Gasteiger partial charge on any atom is 0.261 e. The van der Waals surface area contributed by atoms with Crippen molar-refractivity contribution >= 4 is 21.7 Å². The van der Waals surface area contributed by atoms with Gasteiger partial charge in [-0.2, -0.15) is 0 Å². The van der Waals surface area contributed by atoms with E-state index in [9.17, 15) is 18.3 Å². The van der Waals surface area contributed by atoms with Gasteiger partial charge in [-0.15, -0.1) is 0 Å². The van der Waals surface area contributed by atoms with Gasteiger partial charge in [-0.1, -0.05) is 44.2 Å². The minimum atomic E-state index is -3.78. The van der Waals surface area contributed by atoms with Gasteiger partial charge in [0, 0.05) is 0 Å². The maximum absolute atomic E-state index is 12.5. The SMILES string of the molecule is CC[C@@H](C)c1ccccc1NS(=O)(=O)c1ccc(C(=O)[O-])cc1. The molecule has 2 rings (SSSR count). The number of rotatable bonds is 6. The highest BCUT2D eigenvalue weighted by atomic mass is 32.2. The Hall–Kier alpha value is -2.34. The summed E-state index contributed by atoms with van der Waals surface area (Å²) >= 11 is 0. The second-order valence-electron chi connectivity index (χ2n) is 5.31. The van der Waals surface area contributed by atoms with Crippen molar-refractivity contribution in [2.45, 2.75) is 31.1 Å². The molecule has 0 saturated heterocycles. The maximum atomic E-state index is 12.5. The zero-order valence-corrected chi connectivity index (χ0v) is 13.8. The molecule has 5 nitrogen and oxygen atoms in total. The molecule has 1 N–H and O–H groups in total. The van der Waals surface area contributed by atoms with E-state index in [1.54, 1.807) is 12.1 Å². The highest BCUT2D eigenvalue weighted by Gasteiger charge is 2.17. The molecule has 2 aromatic carbocycles. The first-order valence-corrected chi connectivity index (χ1v) is 8.76. The van der Waals surface area contributed by atoms with Crippen molar-refractivity contribution in [3.63, 3.8) is 0 Å². The molecule has 122 valence electrons. The van der Waals surface area contributed by atoms with Crippen molar-refractivity contribution in [2.75, 3.05) is 4.72 Å². The van der Waals surface area contributed by atoms with Gasteiger partial charge in [0.1, 0.15) is 0 Å². The number of sulfonamides is 1. The van der Waals surface area contributed by atoms with Crippen LogP contribution < -0.4 is 9.83 Å². The molecule has 0 aliphatic carbocycles. The number of benzene rings is 2. The van der Waals surface area contributed by atoms with Gasteiger partial charge in [0.25, 0.3) is 10.0 Å². The van der Waals surface area contributed by atoms with Crippen LogP contribution in [0.2, 0.25) is 0 Å². The van der Waals surface area contributed by atoms with Crippen molar-refractivity contribution in [2.24, 2.45) is 0 Å². The first-order valence-electron chi connectivity index (χ1n) is 7.28. The van der Waals surface area contributed by atoms with Gasteiger partial charge in [0.05, 0.1) is 16.6 Å². The average molecular weight is 332 g/mol. The van der Waals surface area contributed by atoms with Crippen LogP contribution in [0.5, 0.6) is 0 Å². The molecule has 0 saturated carbocycles. The molecular formula is C17H18NO4S-. The second-order valence-corrected chi connectivity index (χ2v) is 7.00. The molecule has 0 fully saturated rings. The number of hydrogen-bond donors (Lipinski definition) is 1. The quantitative estimate of drug-likeness (QED) is 0.880. The summed E-state index contributed by atoms with van der Waals surface area (Å²) < 4.78 is 27.5. The van der Waals surface area contributed by atoms with Crippen molar-refractivity contribution in [3.05, 3.63) is 59.7 Å². The molecule has 1 atom stereocenters. The summed E-state index contributed by atoms with van der Waals surface area (Å²) in [4.78, 5) is 10.7. The minimum Gasteiger partial charge on any atom is -0.545 e. The molecule has 0 unspecified atom stereocenters. The van der Waals surface area contributed by atoms with Crippen LogP contribution in [0, 0.1) is 0 Å². The summed E-state index contributed by atoms with van der Waals surface area (Å²) in [6.45, 7) is 4.07. The number of para-hydroxylation sites is 1. The number of carboxylic acids is 1. The predicted octanol–water partition coefficient (Wildman–Crippen LogP) is 2.36. The van der Waals surface area contributed by atoms with E-state index in [1.807, 2.05) is 26.0 Å². The molecular weight excluding hydrogens is 314 g/mol. The predicted molar refractivity (Wildman–Crippen MR) is 86.7 cm³/mol. The van der Waals surface area contributed by atoms with E-state index >= 15 is 0 Å². The number of aromatic carboxylic acids is 1. The standard InChI is InChI=1S/C17H19NO4S/c1-3-12(2)15-6-4-5-7-16(15)18-23(21,22)14-10-8-13(9-11-14)17(19)20/h4-12,18H,3H2,1-2H3,(H,19,20)/p-1/t12-/m1/s1. The van der Waals surface area contributed by atoms with E-state index < -0.39 is 16.0 Å². The summed E-state index contributed by atoms with van der Waals surface area (Å²) in [5.41, 5.74) is 1.39. The third-order valence-electron chi connectivity index (χ3n) is 3.75. The molecule has 0 amide bonds. The molecule has 0 radical (unpaired) electrons. The van der Waals surface area contributed by atoms with Crippen LogP contribution in [0.1, 0.15) is 42.1 Å². The molecule has 0 aromatic heterocycles. The van der Waals surface area contributed by atoms with E-state index in [1.165, 1.54) is 24.3 Å². The summed E-state index contributed by atoms with van der Waals surface area (Å²) in [7, 11) is -3.78. The summed E-state index contributed by atoms with van der Waals surface area (Å²) in [6, 6.07) is 12.2. The van der Waals surface area contributed by atoms with E-state index in [-0.39, 0.29) is 16.4 Å². The Morgan fingerprint density at radius 2 is 1.74 bits per heavy atom. The largest absolute Gasteiger partial charge is 0.545 e. The van der Waals surface area contributed by atoms with Gasteiger partial charge >= 0.3 is 0 Å². The van der Waals surface area contributed by atoms with E-state index in [4.69, 9.17) is 0 Å². The number of nitrogens with one attached hydrogen (secondary N) is 1. The van der Waals surface area contributed by atoms with Crippen molar-refractivity contribution in [3.8, 4) is 0 Å². The van der Waals surface area contributed by atoms with Gasteiger partial charge in [-0.05, 0) is 41.7 Å². The normalized spacial score (nSPS) is 12.6. The van der Waals surface area contributed by atoms with E-state index in [2.05, 4.69) is 4.72 Å². The van der Waals surface area contributed by atoms with Crippen molar-refractivity contribution in [1.29, 1.82) is 0 Å². The van der Waals surface area contributed by atoms with Gasteiger partial charge in [0.2, 0.25) is 0 Å². The molecule has 23 heavy (non-hydrogen) atoms. The fourth-order valence-electron chi connectivity index (χ4n) is 2.21. The fourth-order valence-corrected chi connectivity index (χ4v) is 3.30. The van der Waals surface area contributed by atoms with E-state index in [0.717, 1.165) is 12.0 Å². The van der Waals surface area contributed by atoms with Crippen molar-refractivity contribution in [1.82, 2.24) is 0 Å². The Bertz CT molecular complexity index is 798. The van der Waals surface area contributed by atoms with E-state index in [0.29, 0.717) is 5.69 Å². The number of carboxylic acid groups (broad SMARTS) is 1. The number of hydrogen-bond acceptors (Lipinski definition) is 4. The summed E-state index contributed by atoms with van der Waals surface area (Å²) in [6.07, 6.45) is 0.888. The van der Waals surface area contributed by atoms with Crippen LogP contribution in [0.3, 0.4) is 0 Å². The van der Waals surface area contributed by atoms with Crippen LogP contribution in [-0.2, 0) is 10.0 Å². The molecule has 6 heteroatoms. The zero-order chi connectivity index (χ0) is 17.0. The van der Waals surface area contributed by atoms with Crippen molar-refractivity contribution < 1.29 is 18.3 Å². The zero-order valence-electron chi connectivity index (χ0n) is 12.9. The van der Waals surface area contributed by atoms with Gasteiger partial charge in [0.15, 0.2) is 0 Å². The Balaban J connectivity index is 2.33. The number of anilines is 1. The van der Waals surface area contributed by atoms with Crippen LogP contribution >= 0.6 is 0 Å². The van der Waals surface area contributed by atoms with Crippen LogP contribution in [0.15, 0.2) is 53.4 Å². The lowest BCUT2D eigenvalue weighted by atomic mass is 9.97. The fraction of sp³-hybridized carbons (Fsp3) is 0.235. The highest BCUT2D eigenvalue weighted by Crippen LogP contribution is 2.28. The minimum absolute atomic E-state index is 0.00135. The topological polar surface area (TPSA) is 86.3 Å². The summed E-state index contributed by atoms with van der Waals surface area (Å²) in [5.74, 6) is -1.13. The lowest BCUT2D eigenvalue weighted by Crippen LogP contribution is -2.22. The Morgan fingerprint density at radius 3 is 2.30 bits per heavy atom. The molecule has 0 bridgehead atoms. The molecule has 0 aliphatic rings. The smallest absolute Gasteiger partial charge is 0.261 e. The monoisotopic (exact) mass is 332 g/mol. The van der Waals surface area contributed by atoms with Crippen LogP contribution in [-0.4, -0.2) is 14.4 Å². The lowest BCUT2D eigenvalue weighted by molar-refractivity contribution is -0.255. The summed E-state index contributed by atoms with van der Waals surface area (Å²) in [5, 5.41) is 10.7. The molecule has 0 heterocycles. The second kappa shape index (κ2) is 6.83. The molecule has 2 aromatic rings. The average Bonchev–Trinajstić information content (AvgIpc) is 2.54. The Kier molecular flexibility index (Phi) is 5.05. The third kappa shape index (κ3) is 3.90. The lowest BCUT2D eigenvalue weighted by Gasteiger charge is -2.16. The number of carbonyl (C=O) groups is 1. The van der Waals surface area contributed by atoms with Crippen LogP contribution in [0.4, 0.5) is 5.69 Å². The number of carbonyl (C=O) groups excluding carboxylic acids is 1. The molecule has 0 aliphatic heterocycles. The van der Waals surface area contributed by atoms with Crippen LogP contribution in [0.25, 0.3) is 0 Å². The van der Waals surface area contributed by atoms with Gasteiger partial charge < -0.3 is 9.90 Å². The first-order chi connectivity index (χ1) is 10.8. The van der Waals surface area contributed by atoms with Gasteiger partial charge in [-0.3, -0.25) is 4.72 Å². The third-order valence-corrected chi connectivity index (χ3v) is 5.13.